The number of carbonyl (C=O) groups is 1. The van der Waals surface area contributed by atoms with E-state index in [0.29, 0.717) is 0 Å². The van der Waals surface area contributed by atoms with E-state index in [2.05, 4.69) is 5.32 Å². The van der Waals surface area contributed by atoms with Crippen LogP contribution in [0.1, 0.15) is 42.1 Å². The summed E-state index contributed by atoms with van der Waals surface area (Å²) in [6.45, 7) is 4.24. The number of ether oxygens (including phenoxy) is 1. The molecule has 8 heteroatoms. The Labute approximate surface area is 176 Å². The van der Waals surface area contributed by atoms with Crippen LogP contribution in [0, 0.1) is 5.82 Å². The minimum atomic E-state index is -3.72. The molecule has 0 bridgehead atoms. The van der Waals surface area contributed by atoms with Crippen molar-refractivity contribution >= 4 is 15.9 Å². The minimum Gasteiger partial charge on any atom is -0.373 e. The summed E-state index contributed by atoms with van der Waals surface area (Å²) >= 11 is 0. The summed E-state index contributed by atoms with van der Waals surface area (Å²) in [5.41, 5.74) is 1.14. The zero-order chi connectivity index (χ0) is 21.5. The van der Waals surface area contributed by atoms with Crippen LogP contribution in [0.25, 0.3) is 0 Å². The van der Waals surface area contributed by atoms with Gasteiger partial charge in [0.25, 0.3) is 5.91 Å². The van der Waals surface area contributed by atoms with Gasteiger partial charge in [-0.15, -0.1) is 0 Å². The highest BCUT2D eigenvalue weighted by atomic mass is 32.2. The lowest BCUT2D eigenvalue weighted by molar-refractivity contribution is -0.0440. The van der Waals surface area contributed by atoms with Gasteiger partial charge in [-0.1, -0.05) is 18.2 Å². The van der Waals surface area contributed by atoms with Crippen molar-refractivity contribution in [2.45, 2.75) is 49.3 Å². The van der Waals surface area contributed by atoms with E-state index in [1.54, 1.807) is 18.2 Å². The van der Waals surface area contributed by atoms with Crippen molar-refractivity contribution in [1.29, 1.82) is 0 Å². The standard InChI is InChI=1S/C22H25FN2O4S/c1-14-12-25(13-15(2)29-14)30(27,28)19-8-4-6-17(10-19)22(26)24-21-11-20(21)16-5-3-7-18(23)9-16/h3-10,14-15,20-21H,11-13H2,1-2H3,(H,24,26). The number of carbonyl (C=O) groups excluding carboxylic acids is 1. The van der Waals surface area contributed by atoms with Crippen molar-refractivity contribution in [2.75, 3.05) is 13.1 Å². The largest absolute Gasteiger partial charge is 0.373 e. The van der Waals surface area contributed by atoms with E-state index in [0.717, 1.165) is 12.0 Å². The normalized spacial score (nSPS) is 26.9. The average Bonchev–Trinajstić information content (AvgIpc) is 3.46. The molecule has 0 aromatic heterocycles. The number of morpholine rings is 1. The molecule has 1 saturated heterocycles. The Hall–Kier alpha value is -2.29. The second-order valence-corrected chi connectivity index (χ2v) is 10.0. The van der Waals surface area contributed by atoms with Crippen LogP contribution in [0.5, 0.6) is 0 Å². The lowest BCUT2D eigenvalue weighted by Gasteiger charge is -2.34. The number of rotatable bonds is 5. The first kappa shape index (κ1) is 21.0. The van der Waals surface area contributed by atoms with E-state index in [1.165, 1.54) is 28.6 Å². The first-order chi connectivity index (χ1) is 14.2. The number of benzene rings is 2. The number of nitrogens with one attached hydrogen (secondary N) is 1. The van der Waals surface area contributed by atoms with Crippen LogP contribution < -0.4 is 5.32 Å². The molecule has 1 N–H and O–H groups in total. The summed E-state index contributed by atoms with van der Waals surface area (Å²) in [4.78, 5) is 12.8. The third-order valence-electron chi connectivity index (χ3n) is 5.50. The molecule has 1 heterocycles. The molecule has 0 spiro atoms. The highest BCUT2D eigenvalue weighted by molar-refractivity contribution is 7.89. The van der Waals surface area contributed by atoms with Crippen molar-refractivity contribution < 1.29 is 22.3 Å². The molecule has 2 fully saturated rings. The van der Waals surface area contributed by atoms with Gasteiger partial charge in [0.2, 0.25) is 10.0 Å². The van der Waals surface area contributed by atoms with Crippen LogP contribution >= 0.6 is 0 Å². The monoisotopic (exact) mass is 432 g/mol. The molecular formula is C22H25FN2O4S. The summed E-state index contributed by atoms with van der Waals surface area (Å²) in [6, 6.07) is 12.4. The van der Waals surface area contributed by atoms with Crippen molar-refractivity contribution in [2.24, 2.45) is 0 Å². The third kappa shape index (κ3) is 4.40. The second-order valence-electron chi connectivity index (χ2n) is 8.08. The number of hydrogen-bond acceptors (Lipinski definition) is 4. The first-order valence-electron chi connectivity index (χ1n) is 10.1. The fourth-order valence-corrected chi connectivity index (χ4v) is 5.62. The van der Waals surface area contributed by atoms with Crippen LogP contribution in [0.2, 0.25) is 0 Å². The Bertz CT molecular complexity index is 1050. The fourth-order valence-electron chi connectivity index (χ4n) is 3.99. The summed E-state index contributed by atoms with van der Waals surface area (Å²) < 4.78 is 46.6. The number of hydrogen-bond donors (Lipinski definition) is 1. The van der Waals surface area contributed by atoms with Gasteiger partial charge in [0.1, 0.15) is 5.82 Å². The SMILES string of the molecule is CC1CN(S(=O)(=O)c2cccc(C(=O)NC3CC3c3cccc(F)c3)c2)CC(C)O1. The molecule has 4 atom stereocenters. The third-order valence-corrected chi connectivity index (χ3v) is 7.33. The van der Waals surface area contributed by atoms with Gasteiger partial charge in [-0.2, -0.15) is 4.31 Å². The Morgan fingerprint density at radius 3 is 2.50 bits per heavy atom. The lowest BCUT2D eigenvalue weighted by Crippen LogP contribution is -2.48. The lowest BCUT2D eigenvalue weighted by atomic mass is 10.1. The molecule has 30 heavy (non-hydrogen) atoms. The summed E-state index contributed by atoms with van der Waals surface area (Å²) in [5, 5.41) is 2.92. The van der Waals surface area contributed by atoms with E-state index >= 15 is 0 Å². The summed E-state index contributed by atoms with van der Waals surface area (Å²) in [6.07, 6.45) is 0.353. The van der Waals surface area contributed by atoms with Crippen molar-refractivity contribution in [1.82, 2.24) is 9.62 Å². The molecule has 160 valence electrons. The molecule has 1 aliphatic carbocycles. The molecule has 6 nitrogen and oxygen atoms in total. The molecule has 2 aromatic carbocycles. The van der Waals surface area contributed by atoms with E-state index in [1.807, 2.05) is 19.9 Å². The molecule has 1 amide bonds. The second kappa shape index (κ2) is 8.09. The van der Waals surface area contributed by atoms with E-state index in [-0.39, 0.29) is 59.4 Å². The minimum absolute atomic E-state index is 0.0768. The zero-order valence-electron chi connectivity index (χ0n) is 16.9. The summed E-state index contributed by atoms with van der Waals surface area (Å²) in [5.74, 6) is -0.554. The van der Waals surface area contributed by atoms with Gasteiger partial charge in [-0.25, -0.2) is 12.8 Å². The van der Waals surface area contributed by atoms with Gasteiger partial charge in [-0.3, -0.25) is 4.79 Å². The van der Waals surface area contributed by atoms with Crippen LogP contribution in [0.15, 0.2) is 53.4 Å². The highest BCUT2D eigenvalue weighted by Gasteiger charge is 2.40. The van der Waals surface area contributed by atoms with Crippen LogP contribution in [-0.4, -0.2) is 50.0 Å². The smallest absolute Gasteiger partial charge is 0.251 e. The molecule has 4 rings (SSSR count). The molecule has 0 radical (unpaired) electrons. The maximum Gasteiger partial charge on any atom is 0.251 e. The summed E-state index contributed by atoms with van der Waals surface area (Å²) in [7, 11) is -3.72. The number of halogens is 1. The van der Waals surface area contributed by atoms with Crippen molar-refractivity contribution in [3.63, 3.8) is 0 Å². The average molecular weight is 433 g/mol. The van der Waals surface area contributed by atoms with Crippen molar-refractivity contribution in [3.8, 4) is 0 Å². The molecular weight excluding hydrogens is 407 g/mol. The molecule has 2 aromatic rings. The van der Waals surface area contributed by atoms with E-state index in [9.17, 15) is 17.6 Å². The van der Waals surface area contributed by atoms with Crippen molar-refractivity contribution in [3.05, 3.63) is 65.5 Å². The first-order valence-corrected chi connectivity index (χ1v) is 11.5. The molecule has 1 aliphatic heterocycles. The predicted molar refractivity (Wildman–Crippen MR) is 110 cm³/mol. The molecule has 4 unspecified atom stereocenters. The highest BCUT2D eigenvalue weighted by Crippen LogP contribution is 2.41. The Morgan fingerprint density at radius 2 is 1.80 bits per heavy atom. The van der Waals surface area contributed by atoms with Crippen LogP contribution in [0.4, 0.5) is 4.39 Å². The number of amides is 1. The van der Waals surface area contributed by atoms with E-state index < -0.39 is 10.0 Å². The zero-order valence-corrected chi connectivity index (χ0v) is 17.7. The van der Waals surface area contributed by atoms with E-state index in [4.69, 9.17) is 4.74 Å². The van der Waals surface area contributed by atoms with Gasteiger partial charge >= 0.3 is 0 Å². The van der Waals surface area contributed by atoms with Gasteiger partial charge in [-0.05, 0) is 56.2 Å². The number of sulfonamides is 1. The Balaban J connectivity index is 1.46. The number of nitrogens with zero attached hydrogens (tertiary/aromatic N) is 1. The Kier molecular flexibility index (Phi) is 5.65. The van der Waals surface area contributed by atoms with Gasteiger partial charge in [0, 0.05) is 30.6 Å². The predicted octanol–water partition coefficient (Wildman–Crippen LogP) is 2.91. The molecule has 2 aliphatic rings. The van der Waals surface area contributed by atoms with Crippen LogP contribution in [-0.2, 0) is 14.8 Å². The van der Waals surface area contributed by atoms with Gasteiger partial charge in [0.15, 0.2) is 0 Å². The van der Waals surface area contributed by atoms with Gasteiger partial charge < -0.3 is 10.1 Å². The Morgan fingerprint density at radius 1 is 1.10 bits per heavy atom. The fraction of sp³-hybridized carbons (Fsp3) is 0.409. The topological polar surface area (TPSA) is 75.7 Å². The molecule has 1 saturated carbocycles. The maximum absolute atomic E-state index is 13.4. The van der Waals surface area contributed by atoms with Gasteiger partial charge in [0.05, 0.1) is 17.1 Å². The maximum atomic E-state index is 13.4. The van der Waals surface area contributed by atoms with Crippen LogP contribution in [0.3, 0.4) is 0 Å². The quantitative estimate of drug-likeness (QED) is 0.788.